The average Bonchev–Trinajstić information content (AvgIpc) is 3.16. The third kappa shape index (κ3) is 6.32. The van der Waals surface area contributed by atoms with E-state index in [2.05, 4.69) is 45.6 Å². The second kappa shape index (κ2) is 11.9. The van der Waals surface area contributed by atoms with Gasteiger partial charge >= 0.3 is 0 Å². The van der Waals surface area contributed by atoms with E-state index in [1.807, 2.05) is 13.8 Å². The van der Waals surface area contributed by atoms with Crippen LogP contribution in [-0.4, -0.2) is 24.4 Å². The summed E-state index contributed by atoms with van der Waals surface area (Å²) in [5.41, 5.74) is 5.09. The average molecular weight is 521 g/mol. The summed E-state index contributed by atoms with van der Waals surface area (Å²) in [6, 6.07) is 0. The zero-order valence-corrected chi connectivity index (χ0v) is 24.6. The van der Waals surface area contributed by atoms with Crippen LogP contribution in [0.1, 0.15) is 100 Å². The van der Waals surface area contributed by atoms with Crippen molar-refractivity contribution in [1.29, 1.82) is 0 Å². The number of rotatable bonds is 5. The van der Waals surface area contributed by atoms with Crippen LogP contribution < -0.4 is 0 Å². The van der Waals surface area contributed by atoms with Crippen LogP contribution in [0.5, 0.6) is 0 Å². The van der Waals surface area contributed by atoms with E-state index in [-0.39, 0.29) is 17.4 Å². The van der Waals surface area contributed by atoms with Crippen LogP contribution in [0.3, 0.4) is 0 Å². The van der Waals surface area contributed by atoms with Crippen LogP contribution in [0.25, 0.3) is 0 Å². The zero-order chi connectivity index (χ0) is 27.5. The first-order chi connectivity index (χ1) is 16.7. The maximum Gasteiger partial charge on any atom is 0.211 e. The molecular formula is C31H49FO3S. The lowest BCUT2D eigenvalue weighted by molar-refractivity contribution is 0.142. The molecule has 0 spiro atoms. The van der Waals surface area contributed by atoms with E-state index in [0.29, 0.717) is 24.7 Å². The van der Waals surface area contributed by atoms with E-state index in [4.69, 9.17) is 0 Å². The maximum atomic E-state index is 14.6. The molecule has 2 unspecified atom stereocenters. The lowest BCUT2D eigenvalue weighted by atomic mass is 9.62. The second-order valence-electron chi connectivity index (χ2n) is 11.9. The van der Waals surface area contributed by atoms with E-state index < -0.39 is 19.7 Å². The second-order valence-corrected chi connectivity index (χ2v) is 14.6. The highest BCUT2D eigenvalue weighted by Crippen LogP contribution is 2.57. The summed E-state index contributed by atoms with van der Waals surface area (Å²) in [7, 11) is -3.94. The summed E-state index contributed by atoms with van der Waals surface area (Å²) >= 11 is 0. The van der Waals surface area contributed by atoms with Crippen LogP contribution in [0.15, 0.2) is 58.3 Å². The Hall–Kier alpha value is -1.46. The summed E-state index contributed by atoms with van der Waals surface area (Å²) in [5, 5.41) is 9.19. The van der Waals surface area contributed by atoms with Crippen molar-refractivity contribution in [2.24, 2.45) is 23.2 Å². The monoisotopic (exact) mass is 520 g/mol. The van der Waals surface area contributed by atoms with Gasteiger partial charge in [0.1, 0.15) is 0 Å². The van der Waals surface area contributed by atoms with Crippen molar-refractivity contribution in [2.75, 3.05) is 0 Å². The lowest BCUT2D eigenvalue weighted by Gasteiger charge is -2.42. The summed E-state index contributed by atoms with van der Waals surface area (Å²) in [5.74, 6) is 0.811. The third-order valence-electron chi connectivity index (χ3n) is 8.42. The van der Waals surface area contributed by atoms with E-state index >= 15 is 0 Å². The molecule has 5 heteroatoms. The van der Waals surface area contributed by atoms with Gasteiger partial charge in [-0.05, 0) is 106 Å². The Morgan fingerprint density at radius 2 is 1.94 bits per heavy atom. The van der Waals surface area contributed by atoms with Gasteiger partial charge < -0.3 is 5.11 Å². The van der Waals surface area contributed by atoms with E-state index in [1.165, 1.54) is 38.0 Å². The molecular weight excluding hydrogens is 471 g/mol. The largest absolute Gasteiger partial charge is 0.393 e. The molecule has 0 amide bonds. The highest BCUT2D eigenvalue weighted by atomic mass is 32.2. The molecule has 3 rings (SSSR count). The first-order valence-corrected chi connectivity index (χ1v) is 15.2. The Bertz CT molecular complexity index is 1040. The molecule has 0 bridgehead atoms. The minimum absolute atomic E-state index is 0.0194. The van der Waals surface area contributed by atoms with Crippen molar-refractivity contribution >= 4 is 9.84 Å². The molecule has 3 aliphatic rings. The predicted octanol–water partition coefficient (Wildman–Crippen LogP) is 8.40. The minimum atomic E-state index is -3.94. The van der Waals surface area contributed by atoms with Gasteiger partial charge in [0.05, 0.1) is 10.9 Å². The Kier molecular flexibility index (Phi) is 10.2. The zero-order valence-electron chi connectivity index (χ0n) is 23.8. The number of sulfone groups is 1. The first kappa shape index (κ1) is 30.8. The van der Waals surface area contributed by atoms with Gasteiger partial charge in [0.25, 0.3) is 0 Å². The van der Waals surface area contributed by atoms with Crippen molar-refractivity contribution in [2.45, 2.75) is 111 Å². The van der Waals surface area contributed by atoms with Gasteiger partial charge in [0, 0.05) is 0 Å². The molecule has 0 heterocycles. The van der Waals surface area contributed by atoms with E-state index in [9.17, 15) is 17.9 Å². The summed E-state index contributed by atoms with van der Waals surface area (Å²) in [6.07, 6.45) is 13.8. The Morgan fingerprint density at radius 3 is 2.56 bits per heavy atom. The summed E-state index contributed by atoms with van der Waals surface area (Å²) < 4.78 is 38.2. The van der Waals surface area contributed by atoms with Crippen LogP contribution in [-0.2, 0) is 9.84 Å². The number of aliphatic hydroxyl groups excluding tert-OH is 1. The molecule has 0 aliphatic heterocycles. The number of fused-ring (bicyclic) bond motifs is 1. The van der Waals surface area contributed by atoms with Crippen molar-refractivity contribution in [1.82, 2.24) is 0 Å². The molecule has 1 N–H and O–H groups in total. The Labute approximate surface area is 220 Å². The normalized spacial score (nSPS) is 32.6. The molecule has 3 nitrogen and oxygen atoms in total. The fourth-order valence-corrected chi connectivity index (χ4v) is 7.03. The van der Waals surface area contributed by atoms with Crippen LogP contribution in [0.4, 0.5) is 4.39 Å². The standard InChI is InChI=1S/C29H43FO3S.C2H6/c1-19(10-15-27(30)34(32,33)28(4,5)6)25-13-14-26-22(9-8-16-29(25,26)7)11-12-23-18-24(31)17-20(2)21(23)3;1-2/h11-13,15,19-20,24,26,31H,3,8-10,14,16-18H2,1-2,4-7H3;1-2H3/b22-11+,23-12-,27-15+;/t19-,20?,24+,26+,29?;/m1./s1. The lowest BCUT2D eigenvalue weighted by Crippen LogP contribution is -2.32. The summed E-state index contributed by atoms with van der Waals surface area (Å²) in [6.45, 7) is 19.4. The van der Waals surface area contributed by atoms with Gasteiger partial charge in [0.15, 0.2) is 0 Å². The van der Waals surface area contributed by atoms with Crippen LogP contribution >= 0.6 is 0 Å². The van der Waals surface area contributed by atoms with Crippen molar-refractivity contribution in [3.8, 4) is 0 Å². The number of hydrogen-bond donors (Lipinski definition) is 1. The molecule has 5 atom stereocenters. The third-order valence-corrected chi connectivity index (χ3v) is 10.7. The van der Waals surface area contributed by atoms with Crippen molar-refractivity contribution < 1.29 is 17.9 Å². The molecule has 0 radical (unpaired) electrons. The van der Waals surface area contributed by atoms with Crippen molar-refractivity contribution in [3.05, 3.63) is 58.3 Å². The highest BCUT2D eigenvalue weighted by molar-refractivity contribution is 7.96. The SMILES string of the molecule is C=C1/C(=C\C=C2/CCCC3(C)C([C@H](C)C/C=C(\F)S(=O)(=O)C(C)(C)C)=CC[C@@H]23)C[C@@H](O)CC1C.CC. The molecule has 2 saturated carbocycles. The Morgan fingerprint density at radius 1 is 1.31 bits per heavy atom. The van der Waals surface area contributed by atoms with Gasteiger partial charge in [0.2, 0.25) is 15.0 Å². The molecule has 36 heavy (non-hydrogen) atoms. The van der Waals surface area contributed by atoms with E-state index in [0.717, 1.165) is 43.3 Å². The predicted molar refractivity (Wildman–Crippen MR) is 151 cm³/mol. The number of hydrogen-bond acceptors (Lipinski definition) is 3. The first-order valence-electron chi connectivity index (χ1n) is 13.8. The fourth-order valence-electron chi connectivity index (χ4n) is 6.13. The highest BCUT2D eigenvalue weighted by Gasteiger charge is 2.46. The van der Waals surface area contributed by atoms with E-state index in [1.54, 1.807) is 0 Å². The number of allylic oxidation sites excluding steroid dienone is 7. The van der Waals surface area contributed by atoms with Crippen molar-refractivity contribution in [3.63, 3.8) is 0 Å². The fraction of sp³-hybridized carbons (Fsp3) is 0.677. The molecule has 3 aliphatic carbocycles. The van der Waals surface area contributed by atoms with Gasteiger partial charge in [-0.1, -0.05) is 70.6 Å². The molecule has 0 aromatic carbocycles. The molecule has 0 aromatic heterocycles. The number of aliphatic hydroxyl groups is 1. The number of halogens is 1. The molecule has 2 fully saturated rings. The quantitative estimate of drug-likeness (QED) is 0.370. The summed E-state index contributed by atoms with van der Waals surface area (Å²) in [4.78, 5) is 0. The van der Waals surface area contributed by atoms with Crippen LogP contribution in [0, 0.1) is 23.2 Å². The van der Waals surface area contributed by atoms with Gasteiger partial charge in [-0.25, -0.2) is 8.42 Å². The maximum absolute atomic E-state index is 14.6. The smallest absolute Gasteiger partial charge is 0.211 e. The molecule has 0 saturated heterocycles. The van der Waals surface area contributed by atoms with Crippen LogP contribution in [0.2, 0.25) is 0 Å². The topological polar surface area (TPSA) is 54.4 Å². The van der Waals surface area contributed by atoms with Gasteiger partial charge in [-0.2, -0.15) is 4.39 Å². The van der Waals surface area contributed by atoms with Gasteiger partial charge in [-0.3, -0.25) is 0 Å². The Balaban J connectivity index is 0.00000222. The molecule has 204 valence electrons. The van der Waals surface area contributed by atoms with Gasteiger partial charge in [-0.15, -0.1) is 0 Å². The molecule has 0 aromatic rings. The minimum Gasteiger partial charge on any atom is -0.393 e.